The maximum absolute atomic E-state index is 12.6. The first-order valence-electron chi connectivity index (χ1n) is 8.67. The molecule has 3 aromatic rings. The van der Waals surface area contributed by atoms with Gasteiger partial charge < -0.3 is 9.15 Å². The largest absolute Gasteiger partial charge is 0.492 e. The highest BCUT2D eigenvalue weighted by atomic mass is 35.5. The summed E-state index contributed by atoms with van der Waals surface area (Å²) in [6.07, 6.45) is 2.69. The number of benzene rings is 2. The maximum Gasteiger partial charge on any atom is 0.293 e. The smallest absolute Gasteiger partial charge is 0.293 e. The first kappa shape index (κ1) is 19.3. The molecule has 1 aliphatic heterocycles. The summed E-state index contributed by atoms with van der Waals surface area (Å²) in [5.74, 6) is 0.123. The highest BCUT2D eigenvalue weighted by Crippen LogP contribution is 2.31. The zero-order valence-electron chi connectivity index (χ0n) is 15.0. The third-order valence-corrected chi connectivity index (χ3v) is 5.42. The molecule has 1 saturated heterocycles. The molecule has 146 valence electrons. The minimum atomic E-state index is -0.465. The van der Waals surface area contributed by atoms with Crippen LogP contribution >= 0.6 is 23.4 Å². The van der Waals surface area contributed by atoms with E-state index in [0.29, 0.717) is 21.7 Å². The molecule has 2 heterocycles. The van der Waals surface area contributed by atoms with Crippen molar-refractivity contribution in [3.8, 4) is 5.75 Å². The van der Waals surface area contributed by atoms with Crippen LogP contribution < -0.4 is 10.2 Å². The predicted molar refractivity (Wildman–Crippen MR) is 112 cm³/mol. The van der Waals surface area contributed by atoms with Gasteiger partial charge in [0.2, 0.25) is 0 Å². The highest BCUT2D eigenvalue weighted by Gasteiger charge is 2.35. The van der Waals surface area contributed by atoms with Gasteiger partial charge in [-0.3, -0.25) is 19.3 Å². The van der Waals surface area contributed by atoms with Crippen molar-refractivity contribution < 1.29 is 18.7 Å². The van der Waals surface area contributed by atoms with Crippen LogP contribution in [0.3, 0.4) is 0 Å². The molecule has 8 heteroatoms. The molecule has 2 aromatic carbocycles. The summed E-state index contributed by atoms with van der Waals surface area (Å²) >= 11 is 6.61. The number of carbonyl (C=O) groups is 2. The molecule has 0 unspecified atom stereocenters. The molecule has 2 amide bonds. The topological polar surface area (TPSA) is 76.8 Å². The van der Waals surface area contributed by atoms with E-state index in [4.69, 9.17) is 20.8 Å². The van der Waals surface area contributed by atoms with Crippen LogP contribution in [0.2, 0.25) is 5.02 Å². The van der Waals surface area contributed by atoms with Crippen molar-refractivity contribution in [2.45, 2.75) is 0 Å². The first-order chi connectivity index (χ1) is 14.0. The van der Waals surface area contributed by atoms with Gasteiger partial charge in [0.05, 0.1) is 22.4 Å². The number of carbonyl (C=O) groups excluding carboxylic acids is 2. The van der Waals surface area contributed by atoms with E-state index in [1.54, 1.807) is 48.5 Å². The molecular formula is C21H14ClNO5S. The van der Waals surface area contributed by atoms with E-state index < -0.39 is 11.1 Å². The summed E-state index contributed by atoms with van der Waals surface area (Å²) in [5, 5.41) is 0.592. The van der Waals surface area contributed by atoms with Gasteiger partial charge in [0.15, 0.2) is 5.43 Å². The van der Waals surface area contributed by atoms with Crippen molar-refractivity contribution in [2.75, 3.05) is 13.2 Å². The fourth-order valence-corrected chi connectivity index (χ4v) is 3.79. The molecule has 6 nitrogen and oxygen atoms in total. The molecule has 0 bridgehead atoms. The van der Waals surface area contributed by atoms with Crippen molar-refractivity contribution in [3.63, 3.8) is 0 Å². The Morgan fingerprint density at radius 2 is 1.83 bits per heavy atom. The number of thioether (sulfide) groups is 1. The second kappa shape index (κ2) is 8.14. The van der Waals surface area contributed by atoms with Gasteiger partial charge in [0.1, 0.15) is 24.2 Å². The molecule has 0 atom stereocenters. The highest BCUT2D eigenvalue weighted by molar-refractivity contribution is 8.18. The SMILES string of the molecule is O=C1S/C(=C\c2coc3ccccc3c2=O)C(=O)N1CCOc1ccc(Cl)cc1. The standard InChI is InChI=1S/C21H14ClNO5S/c22-14-5-7-15(8-6-14)27-10-9-23-20(25)18(29-21(23)26)11-13-12-28-17-4-2-1-3-16(17)19(13)24/h1-8,11-12H,9-10H2/b18-11-. The number of fused-ring (bicyclic) bond motifs is 1. The lowest BCUT2D eigenvalue weighted by Crippen LogP contribution is -2.32. The van der Waals surface area contributed by atoms with Crippen LogP contribution in [-0.4, -0.2) is 29.2 Å². The summed E-state index contributed by atoms with van der Waals surface area (Å²) in [4.78, 5) is 38.7. The Morgan fingerprint density at radius 1 is 1.07 bits per heavy atom. The summed E-state index contributed by atoms with van der Waals surface area (Å²) in [6.45, 7) is 0.238. The Bertz CT molecular complexity index is 1190. The number of imide groups is 1. The van der Waals surface area contributed by atoms with Gasteiger partial charge in [-0.05, 0) is 54.2 Å². The fraction of sp³-hybridized carbons (Fsp3) is 0.0952. The molecule has 1 fully saturated rings. The van der Waals surface area contributed by atoms with Crippen molar-refractivity contribution in [1.29, 1.82) is 0 Å². The van der Waals surface area contributed by atoms with Crippen LogP contribution in [0.4, 0.5) is 4.79 Å². The lowest BCUT2D eigenvalue weighted by atomic mass is 10.1. The lowest BCUT2D eigenvalue weighted by Gasteiger charge is -2.13. The van der Waals surface area contributed by atoms with Crippen molar-refractivity contribution in [3.05, 3.63) is 80.5 Å². The van der Waals surface area contributed by atoms with Gasteiger partial charge in [-0.25, -0.2) is 0 Å². The monoisotopic (exact) mass is 427 g/mol. The van der Waals surface area contributed by atoms with Gasteiger partial charge in [0, 0.05) is 5.02 Å². The van der Waals surface area contributed by atoms with Gasteiger partial charge >= 0.3 is 0 Å². The van der Waals surface area contributed by atoms with Crippen LogP contribution in [0.25, 0.3) is 17.0 Å². The summed E-state index contributed by atoms with van der Waals surface area (Å²) in [7, 11) is 0. The van der Waals surface area contributed by atoms with Crippen LogP contribution in [-0.2, 0) is 4.79 Å². The fourth-order valence-electron chi connectivity index (χ4n) is 2.81. The van der Waals surface area contributed by atoms with Gasteiger partial charge in [0.25, 0.3) is 11.1 Å². The quantitative estimate of drug-likeness (QED) is 0.555. The molecule has 4 rings (SSSR count). The molecule has 0 aliphatic carbocycles. The van der Waals surface area contributed by atoms with Crippen LogP contribution in [0.5, 0.6) is 5.75 Å². The van der Waals surface area contributed by atoms with E-state index in [1.165, 1.54) is 12.3 Å². The van der Waals surface area contributed by atoms with Crippen LogP contribution in [0.15, 0.2) is 68.9 Å². The molecule has 1 aliphatic rings. The van der Waals surface area contributed by atoms with E-state index in [1.807, 2.05) is 0 Å². The number of rotatable bonds is 5. The summed E-state index contributed by atoms with van der Waals surface area (Å²) < 4.78 is 11.0. The van der Waals surface area contributed by atoms with Gasteiger partial charge in [-0.15, -0.1) is 0 Å². The Kier molecular flexibility index (Phi) is 5.42. The minimum absolute atomic E-state index is 0.0942. The third-order valence-electron chi connectivity index (χ3n) is 4.26. The Labute approximate surface area is 174 Å². The zero-order chi connectivity index (χ0) is 20.4. The van der Waals surface area contributed by atoms with E-state index in [2.05, 4.69) is 0 Å². The van der Waals surface area contributed by atoms with E-state index in [9.17, 15) is 14.4 Å². The molecule has 0 N–H and O–H groups in total. The lowest BCUT2D eigenvalue weighted by molar-refractivity contribution is -0.123. The summed E-state index contributed by atoms with van der Waals surface area (Å²) in [6, 6.07) is 13.6. The van der Waals surface area contributed by atoms with Crippen LogP contribution in [0.1, 0.15) is 5.56 Å². The Morgan fingerprint density at radius 3 is 2.62 bits per heavy atom. The van der Waals surface area contributed by atoms with E-state index in [0.717, 1.165) is 16.7 Å². The van der Waals surface area contributed by atoms with E-state index in [-0.39, 0.29) is 29.0 Å². The van der Waals surface area contributed by atoms with Gasteiger partial charge in [-0.1, -0.05) is 23.7 Å². The molecule has 0 saturated carbocycles. The second-order valence-electron chi connectivity index (χ2n) is 6.15. The second-order valence-corrected chi connectivity index (χ2v) is 7.58. The number of hydrogen-bond donors (Lipinski definition) is 0. The van der Waals surface area contributed by atoms with Gasteiger partial charge in [-0.2, -0.15) is 0 Å². The average molecular weight is 428 g/mol. The van der Waals surface area contributed by atoms with Crippen molar-refractivity contribution in [1.82, 2.24) is 4.90 Å². The molecule has 0 radical (unpaired) electrons. The molecule has 1 aromatic heterocycles. The number of nitrogens with zero attached hydrogens (tertiary/aromatic N) is 1. The van der Waals surface area contributed by atoms with Crippen molar-refractivity contribution >= 4 is 51.6 Å². The van der Waals surface area contributed by atoms with Crippen molar-refractivity contribution in [2.24, 2.45) is 0 Å². The maximum atomic E-state index is 12.6. The van der Waals surface area contributed by atoms with Crippen LogP contribution in [0, 0.1) is 0 Å². The van der Waals surface area contributed by atoms with E-state index >= 15 is 0 Å². The third kappa shape index (κ3) is 4.06. The average Bonchev–Trinajstić information content (AvgIpc) is 2.99. The number of amides is 2. The predicted octanol–water partition coefficient (Wildman–Crippen LogP) is 4.56. The summed E-state index contributed by atoms with van der Waals surface area (Å²) in [5.41, 5.74) is 0.415. The Balaban J connectivity index is 1.48. The first-order valence-corrected chi connectivity index (χ1v) is 9.86. The molecule has 29 heavy (non-hydrogen) atoms. The Hall–Kier alpha value is -3.03. The molecule has 0 spiro atoms. The normalized spacial score (nSPS) is 15.5. The number of halogens is 1. The number of para-hydroxylation sites is 1. The number of ether oxygens (including phenoxy) is 1. The minimum Gasteiger partial charge on any atom is -0.492 e. The zero-order valence-corrected chi connectivity index (χ0v) is 16.5. The molecular weight excluding hydrogens is 414 g/mol. The number of hydrogen-bond acceptors (Lipinski definition) is 6.